The first-order valence-corrected chi connectivity index (χ1v) is 11.3. The van der Waals surface area contributed by atoms with Gasteiger partial charge in [0, 0.05) is 51.6 Å². The third-order valence-electron chi connectivity index (χ3n) is 6.11. The molecular formula is C27H30FN3O. The Morgan fingerprint density at radius 3 is 1.97 bits per heavy atom. The van der Waals surface area contributed by atoms with Crippen LogP contribution in [-0.2, 0) is 4.79 Å². The second-order valence-electron chi connectivity index (χ2n) is 8.21. The molecule has 0 aliphatic carbocycles. The monoisotopic (exact) mass is 431 g/mol. The van der Waals surface area contributed by atoms with E-state index in [-0.39, 0.29) is 17.6 Å². The summed E-state index contributed by atoms with van der Waals surface area (Å²) in [5.74, 6) is -0.0611. The molecule has 4 nitrogen and oxygen atoms in total. The van der Waals surface area contributed by atoms with Crippen LogP contribution >= 0.6 is 0 Å². The number of anilines is 1. The highest BCUT2D eigenvalue weighted by atomic mass is 19.1. The molecule has 166 valence electrons. The van der Waals surface area contributed by atoms with E-state index in [0.717, 1.165) is 43.9 Å². The summed E-state index contributed by atoms with van der Waals surface area (Å²) in [5.41, 5.74) is 2.98. The van der Waals surface area contributed by atoms with Crippen molar-refractivity contribution in [3.05, 3.63) is 102 Å². The highest BCUT2D eigenvalue weighted by Crippen LogP contribution is 2.27. The van der Waals surface area contributed by atoms with Crippen LogP contribution in [0.25, 0.3) is 0 Å². The summed E-state index contributed by atoms with van der Waals surface area (Å²) in [7, 11) is 0. The van der Waals surface area contributed by atoms with Crippen LogP contribution < -0.4 is 10.2 Å². The molecule has 5 heteroatoms. The average Bonchev–Trinajstić information content (AvgIpc) is 2.84. The summed E-state index contributed by atoms with van der Waals surface area (Å²) in [6.07, 6.45) is 0.426. The third kappa shape index (κ3) is 5.74. The van der Waals surface area contributed by atoms with Gasteiger partial charge in [-0.15, -0.1) is 0 Å². The second kappa shape index (κ2) is 10.9. The van der Waals surface area contributed by atoms with Gasteiger partial charge in [-0.1, -0.05) is 72.8 Å². The number of nitrogens with one attached hydrogen (secondary N) is 1. The number of nitrogens with zero attached hydrogens (tertiary/aromatic N) is 2. The van der Waals surface area contributed by atoms with Crippen molar-refractivity contribution < 1.29 is 9.18 Å². The number of carbonyl (C=O) groups is 1. The lowest BCUT2D eigenvalue weighted by Crippen LogP contribution is -2.48. The van der Waals surface area contributed by atoms with Crippen LogP contribution in [0.2, 0.25) is 0 Å². The summed E-state index contributed by atoms with van der Waals surface area (Å²) in [6.45, 7) is 4.73. The molecule has 1 N–H and O–H groups in total. The van der Waals surface area contributed by atoms with Crippen molar-refractivity contribution in [1.29, 1.82) is 0 Å². The normalized spacial score (nSPS) is 14.5. The molecule has 1 heterocycles. The Balaban J connectivity index is 1.25. The quantitative estimate of drug-likeness (QED) is 0.578. The molecule has 3 aromatic carbocycles. The lowest BCUT2D eigenvalue weighted by atomic mass is 9.88. The minimum Gasteiger partial charge on any atom is -0.367 e. The first kappa shape index (κ1) is 22.0. The number of hydrogen-bond acceptors (Lipinski definition) is 3. The predicted molar refractivity (Wildman–Crippen MR) is 127 cm³/mol. The SMILES string of the molecule is O=C(CC(c1ccccc1)c1ccccc1)NCCN1CCN(c2ccccc2F)CC1. The van der Waals surface area contributed by atoms with Crippen molar-refractivity contribution in [1.82, 2.24) is 10.2 Å². The number of rotatable bonds is 8. The van der Waals surface area contributed by atoms with Crippen LogP contribution in [0.1, 0.15) is 23.5 Å². The summed E-state index contributed by atoms with van der Waals surface area (Å²) in [6, 6.07) is 27.3. The molecule has 1 aliphatic heterocycles. The molecule has 0 bridgehead atoms. The summed E-state index contributed by atoms with van der Waals surface area (Å²) < 4.78 is 14.0. The molecule has 0 aromatic heterocycles. The van der Waals surface area contributed by atoms with Gasteiger partial charge in [-0.05, 0) is 23.3 Å². The molecule has 0 atom stereocenters. The number of piperazine rings is 1. The second-order valence-corrected chi connectivity index (χ2v) is 8.21. The Morgan fingerprint density at radius 2 is 1.38 bits per heavy atom. The summed E-state index contributed by atoms with van der Waals surface area (Å²) >= 11 is 0. The molecule has 0 spiro atoms. The summed E-state index contributed by atoms with van der Waals surface area (Å²) in [4.78, 5) is 17.2. The van der Waals surface area contributed by atoms with Gasteiger partial charge in [0.05, 0.1) is 5.69 Å². The van der Waals surface area contributed by atoms with Crippen molar-refractivity contribution in [3.8, 4) is 0 Å². The van der Waals surface area contributed by atoms with E-state index in [2.05, 4.69) is 39.4 Å². The average molecular weight is 432 g/mol. The Kier molecular flexibility index (Phi) is 7.51. The fourth-order valence-corrected chi connectivity index (χ4v) is 4.33. The van der Waals surface area contributed by atoms with E-state index in [1.54, 1.807) is 6.07 Å². The Morgan fingerprint density at radius 1 is 0.812 bits per heavy atom. The Bertz CT molecular complexity index is 949. The lowest BCUT2D eigenvalue weighted by Gasteiger charge is -2.36. The lowest BCUT2D eigenvalue weighted by molar-refractivity contribution is -0.121. The molecule has 3 aromatic rings. The fourth-order valence-electron chi connectivity index (χ4n) is 4.33. The van der Waals surface area contributed by atoms with E-state index in [1.807, 2.05) is 48.5 Å². The van der Waals surface area contributed by atoms with Gasteiger partial charge in [-0.2, -0.15) is 0 Å². The smallest absolute Gasteiger partial charge is 0.220 e. The molecule has 0 saturated carbocycles. The van der Waals surface area contributed by atoms with E-state index in [0.29, 0.717) is 18.7 Å². The minimum atomic E-state index is -0.167. The zero-order valence-corrected chi connectivity index (χ0v) is 18.3. The molecule has 1 amide bonds. The molecule has 1 fully saturated rings. The van der Waals surface area contributed by atoms with Gasteiger partial charge in [0.2, 0.25) is 5.91 Å². The predicted octanol–water partition coefficient (Wildman–Crippen LogP) is 4.29. The highest BCUT2D eigenvalue weighted by molar-refractivity contribution is 5.77. The molecule has 32 heavy (non-hydrogen) atoms. The zero-order chi connectivity index (χ0) is 22.2. The Hall–Kier alpha value is -3.18. The first-order valence-electron chi connectivity index (χ1n) is 11.3. The standard InChI is InChI=1S/C27H30FN3O/c28-25-13-7-8-14-26(25)31-19-17-30(18-20-31)16-15-29-27(32)21-24(22-9-3-1-4-10-22)23-11-5-2-6-12-23/h1-14,24H,15-21H2,(H,29,32). The van der Waals surface area contributed by atoms with Gasteiger partial charge in [-0.3, -0.25) is 9.69 Å². The molecular weight excluding hydrogens is 401 g/mol. The number of halogens is 1. The fraction of sp³-hybridized carbons (Fsp3) is 0.296. The van der Waals surface area contributed by atoms with Crippen molar-refractivity contribution in [3.63, 3.8) is 0 Å². The topological polar surface area (TPSA) is 35.6 Å². The molecule has 0 radical (unpaired) electrons. The van der Waals surface area contributed by atoms with E-state index in [9.17, 15) is 9.18 Å². The van der Waals surface area contributed by atoms with Crippen LogP contribution in [0.3, 0.4) is 0 Å². The maximum absolute atomic E-state index is 14.0. The third-order valence-corrected chi connectivity index (χ3v) is 6.11. The van der Waals surface area contributed by atoms with Gasteiger partial charge in [-0.25, -0.2) is 4.39 Å². The van der Waals surface area contributed by atoms with Gasteiger partial charge < -0.3 is 10.2 Å². The molecule has 0 unspecified atom stereocenters. The van der Waals surface area contributed by atoms with Gasteiger partial charge in [0.15, 0.2) is 0 Å². The van der Waals surface area contributed by atoms with E-state index >= 15 is 0 Å². The van der Waals surface area contributed by atoms with Crippen LogP contribution in [-0.4, -0.2) is 50.1 Å². The number of carbonyl (C=O) groups excluding carboxylic acids is 1. The van der Waals surface area contributed by atoms with Gasteiger partial charge in [0.1, 0.15) is 5.82 Å². The number of hydrogen-bond donors (Lipinski definition) is 1. The van der Waals surface area contributed by atoms with Gasteiger partial charge in [0.25, 0.3) is 0 Å². The van der Waals surface area contributed by atoms with Crippen LogP contribution in [0.15, 0.2) is 84.9 Å². The molecule has 1 aliphatic rings. The first-order chi connectivity index (χ1) is 15.7. The van der Waals surface area contributed by atoms with Crippen LogP contribution in [0, 0.1) is 5.82 Å². The Labute approximate surface area is 189 Å². The number of benzene rings is 3. The molecule has 4 rings (SSSR count). The van der Waals surface area contributed by atoms with E-state index in [1.165, 1.54) is 6.07 Å². The van der Waals surface area contributed by atoms with Crippen LogP contribution in [0.5, 0.6) is 0 Å². The maximum Gasteiger partial charge on any atom is 0.220 e. The van der Waals surface area contributed by atoms with Crippen molar-refractivity contribution in [2.24, 2.45) is 0 Å². The van der Waals surface area contributed by atoms with Crippen molar-refractivity contribution >= 4 is 11.6 Å². The van der Waals surface area contributed by atoms with Crippen LogP contribution in [0.4, 0.5) is 10.1 Å². The van der Waals surface area contributed by atoms with Crippen molar-refractivity contribution in [2.45, 2.75) is 12.3 Å². The maximum atomic E-state index is 14.0. The molecule has 1 saturated heterocycles. The van der Waals surface area contributed by atoms with E-state index in [4.69, 9.17) is 0 Å². The summed E-state index contributed by atoms with van der Waals surface area (Å²) in [5, 5.41) is 3.10. The number of amides is 1. The van der Waals surface area contributed by atoms with E-state index < -0.39 is 0 Å². The highest BCUT2D eigenvalue weighted by Gasteiger charge is 2.20. The minimum absolute atomic E-state index is 0.0433. The van der Waals surface area contributed by atoms with Gasteiger partial charge >= 0.3 is 0 Å². The number of para-hydroxylation sites is 1. The zero-order valence-electron chi connectivity index (χ0n) is 18.3. The van der Waals surface area contributed by atoms with Crippen molar-refractivity contribution in [2.75, 3.05) is 44.2 Å². The largest absolute Gasteiger partial charge is 0.367 e.